The second-order valence-corrected chi connectivity index (χ2v) is 9.43. The minimum Gasteiger partial charge on any atom is -0.375 e. The van der Waals surface area contributed by atoms with Crippen LogP contribution < -0.4 is 4.90 Å². The molecule has 3 rings (SSSR count). The van der Waals surface area contributed by atoms with Crippen molar-refractivity contribution in [2.75, 3.05) is 24.5 Å². The van der Waals surface area contributed by atoms with Crippen molar-refractivity contribution >= 4 is 29.0 Å². The fraction of sp³-hybridized carbons (Fsp3) is 0.429. The predicted molar refractivity (Wildman–Crippen MR) is 138 cm³/mol. The normalized spacial score (nSPS) is 14.8. The van der Waals surface area contributed by atoms with E-state index >= 15 is 0 Å². The number of benzene rings is 1. The minimum atomic E-state index is 0.209. The highest BCUT2D eigenvalue weighted by Crippen LogP contribution is 2.37. The number of hydrogen-bond acceptors (Lipinski definition) is 3. The minimum absolute atomic E-state index is 0.209. The zero-order valence-corrected chi connectivity index (χ0v) is 20.6. The number of allylic oxidation sites excluding steroid dienone is 4. The van der Waals surface area contributed by atoms with Crippen molar-refractivity contribution in [2.45, 2.75) is 58.3 Å². The van der Waals surface area contributed by atoms with Crippen LogP contribution in [0.2, 0.25) is 0 Å². The van der Waals surface area contributed by atoms with Crippen LogP contribution >= 0.6 is 11.6 Å². The number of hydrogen-bond donors (Lipinski definition) is 0. The number of rotatable bonds is 13. The Balaban J connectivity index is 1.46. The molecule has 0 atom stereocenters. The van der Waals surface area contributed by atoms with Gasteiger partial charge in [-0.2, -0.15) is 0 Å². The van der Waals surface area contributed by atoms with Gasteiger partial charge in [0.25, 0.3) is 0 Å². The molecule has 4 nitrogen and oxygen atoms in total. The van der Waals surface area contributed by atoms with E-state index in [4.69, 9.17) is 11.6 Å². The molecule has 0 bridgehead atoms. The molecule has 0 radical (unpaired) electrons. The number of Topliss-reactive ketones (excluding diaryl/α,β-unsaturated/α-hetero) is 1. The average molecular weight is 467 g/mol. The molecule has 33 heavy (non-hydrogen) atoms. The standard InChI is InChI=1S/C28H35ClN2O2/c1-5-9-22(21(4)29)13-16-30(20(2)3)15-8-6-7-10-26(32)25-18-23-11-12-27(33)31-17-14-24(19-25)28(23)31/h5,9,18-19H,1-2,4,6-8,10-17H2,3H3/b22-9-. The third-order valence-corrected chi connectivity index (χ3v) is 6.81. The molecule has 176 valence electrons. The molecule has 1 aromatic rings. The Morgan fingerprint density at radius 1 is 1.09 bits per heavy atom. The van der Waals surface area contributed by atoms with Crippen molar-refractivity contribution in [3.8, 4) is 0 Å². The Kier molecular flexibility index (Phi) is 8.74. The summed E-state index contributed by atoms with van der Waals surface area (Å²) < 4.78 is 0. The summed E-state index contributed by atoms with van der Waals surface area (Å²) in [5.41, 5.74) is 6.23. The van der Waals surface area contributed by atoms with Gasteiger partial charge in [0.1, 0.15) is 0 Å². The number of anilines is 1. The molecule has 1 aromatic carbocycles. The maximum atomic E-state index is 12.8. The number of aryl methyl sites for hydroxylation is 1. The summed E-state index contributed by atoms with van der Waals surface area (Å²) >= 11 is 6.08. The fourth-order valence-corrected chi connectivity index (χ4v) is 4.89. The van der Waals surface area contributed by atoms with Crippen LogP contribution in [0.5, 0.6) is 0 Å². The monoisotopic (exact) mass is 466 g/mol. The van der Waals surface area contributed by atoms with Crippen LogP contribution in [0.1, 0.15) is 66.9 Å². The van der Waals surface area contributed by atoms with Crippen molar-refractivity contribution in [3.05, 3.63) is 77.0 Å². The Bertz CT molecular complexity index is 992. The predicted octanol–water partition coefficient (Wildman–Crippen LogP) is 6.36. The van der Waals surface area contributed by atoms with Crippen LogP contribution in [0.4, 0.5) is 5.69 Å². The third kappa shape index (κ3) is 6.26. The van der Waals surface area contributed by atoms with Gasteiger partial charge in [0, 0.05) is 48.8 Å². The Morgan fingerprint density at radius 3 is 2.48 bits per heavy atom. The fourth-order valence-electron chi connectivity index (χ4n) is 4.73. The first-order chi connectivity index (χ1) is 15.8. The number of nitrogens with zero attached hydrogens (tertiary/aromatic N) is 2. The summed E-state index contributed by atoms with van der Waals surface area (Å²) in [6.45, 7) is 16.2. The molecule has 2 aliphatic rings. The van der Waals surface area contributed by atoms with Crippen molar-refractivity contribution in [3.63, 3.8) is 0 Å². The molecule has 2 aliphatic heterocycles. The van der Waals surface area contributed by atoms with Crippen LogP contribution in [0.15, 0.2) is 60.3 Å². The number of carbonyl (C=O) groups excluding carboxylic acids is 2. The Hall–Kier alpha value is -2.59. The second kappa shape index (κ2) is 11.5. The molecule has 0 aromatic heterocycles. The van der Waals surface area contributed by atoms with Crippen molar-refractivity contribution < 1.29 is 9.59 Å². The lowest BCUT2D eigenvalue weighted by atomic mass is 9.94. The third-order valence-electron chi connectivity index (χ3n) is 6.56. The molecule has 0 spiro atoms. The molecule has 0 saturated heterocycles. The van der Waals surface area contributed by atoms with E-state index in [1.165, 1.54) is 0 Å². The van der Waals surface area contributed by atoms with Gasteiger partial charge in [0.15, 0.2) is 5.78 Å². The first-order valence-electron chi connectivity index (χ1n) is 11.9. The maximum Gasteiger partial charge on any atom is 0.227 e. The lowest BCUT2D eigenvalue weighted by Gasteiger charge is -2.25. The van der Waals surface area contributed by atoms with Gasteiger partial charge < -0.3 is 9.80 Å². The van der Waals surface area contributed by atoms with Gasteiger partial charge in [0.05, 0.1) is 5.69 Å². The van der Waals surface area contributed by atoms with E-state index in [0.717, 1.165) is 91.8 Å². The Labute approximate surface area is 203 Å². The first-order valence-corrected chi connectivity index (χ1v) is 12.3. The summed E-state index contributed by atoms with van der Waals surface area (Å²) in [7, 11) is 0. The number of unbranched alkanes of at least 4 members (excludes halogenated alkanes) is 2. The van der Waals surface area contributed by atoms with Crippen LogP contribution in [0, 0.1) is 0 Å². The SMILES string of the molecule is C=C/C=C(/CCN(CCCCCC(=O)c1cc2c3c(c1)CCN3C(=O)CC2)C(=C)C)C(=C)Cl. The zero-order valence-electron chi connectivity index (χ0n) is 19.8. The molecular weight excluding hydrogens is 432 g/mol. The highest BCUT2D eigenvalue weighted by atomic mass is 35.5. The summed E-state index contributed by atoms with van der Waals surface area (Å²) in [5, 5.41) is 0.551. The van der Waals surface area contributed by atoms with E-state index in [9.17, 15) is 9.59 Å². The van der Waals surface area contributed by atoms with Crippen LogP contribution in [0.25, 0.3) is 0 Å². The molecule has 1 amide bonds. The van der Waals surface area contributed by atoms with E-state index in [1.54, 1.807) is 6.08 Å². The van der Waals surface area contributed by atoms with Gasteiger partial charge in [-0.25, -0.2) is 0 Å². The smallest absolute Gasteiger partial charge is 0.227 e. The van der Waals surface area contributed by atoms with Crippen LogP contribution in [-0.2, 0) is 17.6 Å². The number of ketones is 1. The van der Waals surface area contributed by atoms with Crippen LogP contribution in [0.3, 0.4) is 0 Å². The molecule has 5 heteroatoms. The molecule has 0 N–H and O–H groups in total. The average Bonchev–Trinajstić information content (AvgIpc) is 3.22. The lowest BCUT2D eigenvalue weighted by Crippen LogP contribution is -2.32. The number of halogens is 1. The lowest BCUT2D eigenvalue weighted by molar-refractivity contribution is -0.118. The van der Waals surface area contributed by atoms with Gasteiger partial charge >= 0.3 is 0 Å². The van der Waals surface area contributed by atoms with Crippen LogP contribution in [-0.4, -0.2) is 36.2 Å². The first kappa shape index (κ1) is 25.0. The molecule has 0 fully saturated rings. The van der Waals surface area contributed by atoms with Gasteiger partial charge in [-0.3, -0.25) is 9.59 Å². The molecular formula is C28H35ClN2O2. The maximum absolute atomic E-state index is 12.8. The van der Waals surface area contributed by atoms with Gasteiger partial charge in [0.2, 0.25) is 5.91 Å². The van der Waals surface area contributed by atoms with Gasteiger partial charge in [-0.15, -0.1) is 0 Å². The van der Waals surface area contributed by atoms with E-state index in [-0.39, 0.29) is 11.7 Å². The van der Waals surface area contributed by atoms with Gasteiger partial charge in [-0.05, 0) is 67.9 Å². The topological polar surface area (TPSA) is 40.6 Å². The summed E-state index contributed by atoms with van der Waals surface area (Å²) in [5.74, 6) is 0.422. The molecule has 0 saturated carbocycles. The van der Waals surface area contributed by atoms with Gasteiger partial charge in [-0.1, -0.05) is 49.9 Å². The quantitative estimate of drug-likeness (QED) is 0.193. The highest BCUT2D eigenvalue weighted by molar-refractivity contribution is 6.31. The summed E-state index contributed by atoms with van der Waals surface area (Å²) in [6.07, 6.45) is 10.0. The van der Waals surface area contributed by atoms with E-state index in [2.05, 4.69) is 24.6 Å². The van der Waals surface area contributed by atoms with E-state index in [0.29, 0.717) is 17.9 Å². The number of carbonyl (C=O) groups is 2. The molecule has 0 aliphatic carbocycles. The van der Waals surface area contributed by atoms with Crippen molar-refractivity contribution in [1.29, 1.82) is 0 Å². The molecule has 0 unspecified atom stereocenters. The largest absolute Gasteiger partial charge is 0.375 e. The molecule has 2 heterocycles. The van der Waals surface area contributed by atoms with E-state index in [1.807, 2.05) is 30.0 Å². The second-order valence-electron chi connectivity index (χ2n) is 8.98. The highest BCUT2D eigenvalue weighted by Gasteiger charge is 2.31. The zero-order chi connectivity index (χ0) is 24.0. The summed E-state index contributed by atoms with van der Waals surface area (Å²) in [6, 6.07) is 4.04. The Morgan fingerprint density at radius 2 is 1.82 bits per heavy atom. The van der Waals surface area contributed by atoms with E-state index < -0.39 is 0 Å². The number of amides is 1. The summed E-state index contributed by atoms with van der Waals surface area (Å²) in [4.78, 5) is 29.1. The van der Waals surface area contributed by atoms with Crippen molar-refractivity contribution in [2.24, 2.45) is 0 Å². The van der Waals surface area contributed by atoms with Crippen molar-refractivity contribution in [1.82, 2.24) is 4.90 Å².